The summed E-state index contributed by atoms with van der Waals surface area (Å²) >= 11 is 0. The van der Waals surface area contributed by atoms with Crippen LogP contribution in [0.25, 0.3) is 11.1 Å². The molecule has 0 radical (unpaired) electrons. The molecular formula is C59H84N2O9. The summed E-state index contributed by atoms with van der Waals surface area (Å²) in [6.07, 6.45) is 19.8. The van der Waals surface area contributed by atoms with Gasteiger partial charge in [-0.05, 0) is 112 Å². The summed E-state index contributed by atoms with van der Waals surface area (Å²) in [4.78, 5) is 23.3. The molecule has 6 atom stereocenters. The van der Waals surface area contributed by atoms with E-state index in [9.17, 15) is 15.3 Å². The number of carbonyl (C=O) groups is 1. The van der Waals surface area contributed by atoms with Crippen LogP contribution in [0.5, 0.6) is 17.2 Å². The van der Waals surface area contributed by atoms with E-state index in [0.717, 1.165) is 72.9 Å². The Morgan fingerprint density at radius 2 is 1.49 bits per heavy atom. The molecule has 70 heavy (non-hydrogen) atoms. The van der Waals surface area contributed by atoms with Crippen LogP contribution in [0.4, 0.5) is 0 Å². The lowest BCUT2D eigenvalue weighted by Crippen LogP contribution is -2.70. The van der Waals surface area contributed by atoms with Gasteiger partial charge in [0.2, 0.25) is 11.7 Å². The van der Waals surface area contributed by atoms with Crippen LogP contribution in [0.3, 0.4) is 0 Å². The standard InChI is InChI=1S/C59H84N2O9/c1-6-8-9-10-11-12-13-14-18-27-55(65)61(34-39-66-40-37-64)54-43-52(60-70-58(3,4)5)50-41-46(25-19-21-35-62)49(26-20-22-36-63)56-51-42-48(32-33-53(51)69-59(54,57(50)56)67-38-7-2)68-47-30-28-45(29-31-47)44-23-16-15-17-24-44/h7,15-17,23-24,28-33,41-42,46,49,54,56-57,62-64H,2,6,8-14,18-22,25-27,34-40,43H2,1,3-5H3/t46-,49+,54-,56+,57+,59+/m0/s1. The number of allylic oxidation sites excluding steroid dienone is 1. The monoisotopic (exact) mass is 965 g/mol. The predicted octanol–water partition coefficient (Wildman–Crippen LogP) is 12.3. The molecule has 6 rings (SSSR count). The lowest BCUT2D eigenvalue weighted by Gasteiger charge is -2.60. The molecular weight excluding hydrogens is 881 g/mol. The molecule has 0 unspecified atom stereocenters. The Labute approximate surface area is 419 Å². The van der Waals surface area contributed by atoms with Gasteiger partial charge in [-0.25, -0.2) is 0 Å². The van der Waals surface area contributed by atoms with Crippen LogP contribution in [0.15, 0.2) is 102 Å². The number of aliphatic hydroxyl groups excluding tert-OH is 3. The molecule has 3 aromatic carbocycles. The molecule has 3 aromatic rings. The van der Waals surface area contributed by atoms with Crippen molar-refractivity contribution >= 4 is 11.6 Å². The van der Waals surface area contributed by atoms with E-state index in [1.54, 1.807) is 6.08 Å². The minimum atomic E-state index is -1.38. The number of carbonyl (C=O) groups excluding carboxylic acids is 1. The number of hydrogen-bond donors (Lipinski definition) is 3. The smallest absolute Gasteiger partial charge is 0.239 e. The summed E-state index contributed by atoms with van der Waals surface area (Å²) < 4.78 is 27.3. The van der Waals surface area contributed by atoms with E-state index >= 15 is 4.79 Å². The largest absolute Gasteiger partial charge is 0.459 e. The number of hydrogen-bond acceptors (Lipinski definition) is 10. The van der Waals surface area contributed by atoms with E-state index in [0.29, 0.717) is 42.9 Å². The minimum Gasteiger partial charge on any atom is -0.459 e. The number of oxime groups is 1. The van der Waals surface area contributed by atoms with Crippen molar-refractivity contribution in [3.05, 3.63) is 103 Å². The average molecular weight is 965 g/mol. The number of fused-ring (bicyclic) bond motifs is 2. The molecule has 2 aliphatic carbocycles. The highest BCUT2D eigenvalue weighted by Gasteiger charge is 2.65. The van der Waals surface area contributed by atoms with Gasteiger partial charge in [-0.2, -0.15) is 0 Å². The van der Waals surface area contributed by atoms with Crippen molar-refractivity contribution in [1.29, 1.82) is 0 Å². The molecule has 11 nitrogen and oxygen atoms in total. The summed E-state index contributed by atoms with van der Waals surface area (Å²) in [5, 5.41) is 34.8. The van der Waals surface area contributed by atoms with Crippen LogP contribution in [0.2, 0.25) is 0 Å². The maximum atomic E-state index is 15.0. The number of unbranched alkanes of at least 4 members (excludes halogenated alkanes) is 10. The molecule has 1 fully saturated rings. The van der Waals surface area contributed by atoms with Gasteiger partial charge in [0.05, 0.1) is 38.1 Å². The number of benzene rings is 3. The molecule has 0 bridgehead atoms. The van der Waals surface area contributed by atoms with Crippen molar-refractivity contribution in [2.24, 2.45) is 22.9 Å². The molecule has 1 amide bonds. The molecule has 11 heteroatoms. The SMILES string of the molecule is C=CCO[C@@]12Oc3ccc(Oc4ccc(-c5ccccc5)cc4)cc3[C@H]3[C@H](CCCCO)[C@@H](CCCCO)C=C(C(=NOC(C)(C)C)C[C@@H]1N(CCOCCO)C(=O)CCCCCCCCCCC)[C@H]32. The third-order valence-electron chi connectivity index (χ3n) is 14.2. The van der Waals surface area contributed by atoms with Gasteiger partial charge in [-0.1, -0.05) is 131 Å². The first-order valence-electron chi connectivity index (χ1n) is 26.7. The second-order valence-corrected chi connectivity index (χ2v) is 20.5. The molecule has 0 aromatic heterocycles. The topological polar surface area (TPSA) is 140 Å². The van der Waals surface area contributed by atoms with Crippen LogP contribution in [0.1, 0.15) is 148 Å². The maximum absolute atomic E-state index is 15.0. The van der Waals surface area contributed by atoms with E-state index in [4.69, 9.17) is 28.9 Å². The highest BCUT2D eigenvalue weighted by molar-refractivity contribution is 6.03. The number of rotatable bonds is 31. The molecule has 1 aliphatic heterocycles. The Morgan fingerprint density at radius 1 is 0.814 bits per heavy atom. The first kappa shape index (κ1) is 54.8. The quantitative estimate of drug-likeness (QED) is 0.0327. The second kappa shape index (κ2) is 27.9. The summed E-state index contributed by atoms with van der Waals surface area (Å²) in [6.45, 7) is 13.2. The first-order chi connectivity index (χ1) is 34.1. The van der Waals surface area contributed by atoms with Crippen LogP contribution in [-0.4, -0.2) is 95.5 Å². The van der Waals surface area contributed by atoms with E-state index in [1.807, 2.05) is 68.1 Å². The number of aliphatic hydroxyl groups is 3. The van der Waals surface area contributed by atoms with Gasteiger partial charge in [0.1, 0.15) is 28.9 Å². The highest BCUT2D eigenvalue weighted by atomic mass is 16.7. The fraction of sp³-hybridized carbons (Fsp3) is 0.593. The summed E-state index contributed by atoms with van der Waals surface area (Å²) in [5.74, 6) is 0.172. The second-order valence-electron chi connectivity index (χ2n) is 20.5. The predicted molar refractivity (Wildman–Crippen MR) is 279 cm³/mol. The van der Waals surface area contributed by atoms with Gasteiger partial charge in [0, 0.05) is 44.1 Å². The van der Waals surface area contributed by atoms with Crippen molar-refractivity contribution in [2.75, 3.05) is 46.2 Å². The molecule has 1 heterocycles. The van der Waals surface area contributed by atoms with Crippen molar-refractivity contribution in [3.8, 4) is 28.4 Å². The van der Waals surface area contributed by atoms with Gasteiger partial charge in [-0.3, -0.25) is 4.79 Å². The van der Waals surface area contributed by atoms with Crippen LogP contribution in [0, 0.1) is 17.8 Å². The molecule has 384 valence electrons. The van der Waals surface area contributed by atoms with Crippen LogP contribution in [-0.2, 0) is 19.1 Å². The van der Waals surface area contributed by atoms with Crippen molar-refractivity contribution in [1.82, 2.24) is 4.90 Å². The number of nitrogens with zero attached hydrogens (tertiary/aromatic N) is 2. The van der Waals surface area contributed by atoms with Gasteiger partial charge in [0.15, 0.2) is 0 Å². The van der Waals surface area contributed by atoms with Gasteiger partial charge in [-0.15, -0.1) is 6.58 Å². The third-order valence-corrected chi connectivity index (χ3v) is 14.2. The first-order valence-corrected chi connectivity index (χ1v) is 26.7. The van der Waals surface area contributed by atoms with Gasteiger partial charge < -0.3 is 44.0 Å². The van der Waals surface area contributed by atoms with Crippen molar-refractivity contribution in [2.45, 2.75) is 160 Å². The highest BCUT2D eigenvalue weighted by Crippen LogP contribution is 2.62. The summed E-state index contributed by atoms with van der Waals surface area (Å²) in [7, 11) is 0. The molecule has 1 saturated carbocycles. The fourth-order valence-electron chi connectivity index (χ4n) is 10.9. The van der Waals surface area contributed by atoms with E-state index < -0.39 is 23.3 Å². The zero-order valence-electron chi connectivity index (χ0n) is 42.8. The fourth-order valence-corrected chi connectivity index (χ4v) is 10.9. The zero-order valence-corrected chi connectivity index (χ0v) is 42.8. The van der Waals surface area contributed by atoms with Crippen LogP contribution < -0.4 is 9.47 Å². The Bertz CT molecular complexity index is 2100. The lowest BCUT2D eigenvalue weighted by atomic mass is 9.55. The average Bonchev–Trinajstić information content (AvgIpc) is 3.36. The van der Waals surface area contributed by atoms with Crippen molar-refractivity contribution < 1.29 is 43.9 Å². The number of ether oxygens (including phenoxy) is 4. The zero-order chi connectivity index (χ0) is 49.8. The number of amides is 1. The molecule has 0 spiro atoms. The Morgan fingerprint density at radius 3 is 2.16 bits per heavy atom. The summed E-state index contributed by atoms with van der Waals surface area (Å²) in [6, 6.07) is 23.8. The summed E-state index contributed by atoms with van der Waals surface area (Å²) in [5.41, 5.74) is 4.36. The molecule has 3 aliphatic rings. The van der Waals surface area contributed by atoms with Gasteiger partial charge >= 0.3 is 0 Å². The Kier molecular flexibility index (Phi) is 21.9. The third kappa shape index (κ3) is 14.8. The van der Waals surface area contributed by atoms with E-state index in [-0.39, 0.29) is 69.8 Å². The Balaban J connectivity index is 1.47. The normalized spacial score (nSPS) is 22.1. The molecule has 0 saturated heterocycles. The van der Waals surface area contributed by atoms with Crippen LogP contribution >= 0.6 is 0 Å². The van der Waals surface area contributed by atoms with E-state index in [1.165, 1.54) is 38.5 Å². The lowest BCUT2D eigenvalue weighted by molar-refractivity contribution is -0.258. The Hall–Kier alpha value is -4.52. The minimum absolute atomic E-state index is 0.00388. The maximum Gasteiger partial charge on any atom is 0.239 e. The van der Waals surface area contributed by atoms with E-state index in [2.05, 4.69) is 49.9 Å². The van der Waals surface area contributed by atoms with Crippen molar-refractivity contribution in [3.63, 3.8) is 0 Å². The molecule has 3 N–H and O–H groups in total. The van der Waals surface area contributed by atoms with Gasteiger partial charge in [0.25, 0.3) is 0 Å².